The van der Waals surface area contributed by atoms with Gasteiger partial charge >= 0.3 is 0 Å². The summed E-state index contributed by atoms with van der Waals surface area (Å²) in [6.45, 7) is 8.07. The molecule has 4 rings (SSSR count). The zero-order valence-corrected chi connectivity index (χ0v) is 20.0. The smallest absolute Gasteiger partial charge is 0.262 e. The van der Waals surface area contributed by atoms with Gasteiger partial charge in [-0.3, -0.25) is 19.3 Å². The summed E-state index contributed by atoms with van der Waals surface area (Å²) < 4.78 is 27.1. The zero-order valence-electron chi connectivity index (χ0n) is 19.2. The Morgan fingerprint density at radius 2 is 1.70 bits per heavy atom. The van der Waals surface area contributed by atoms with Crippen molar-refractivity contribution >= 4 is 33.4 Å². The van der Waals surface area contributed by atoms with Crippen LogP contribution in [0.15, 0.2) is 41.3 Å². The number of anilines is 1. The van der Waals surface area contributed by atoms with Crippen LogP contribution in [0.5, 0.6) is 0 Å². The van der Waals surface area contributed by atoms with Crippen LogP contribution in [0.4, 0.5) is 5.69 Å². The maximum absolute atomic E-state index is 13.3. The molecule has 0 fully saturated rings. The van der Waals surface area contributed by atoms with Crippen LogP contribution in [0.3, 0.4) is 0 Å². The lowest BCUT2D eigenvalue weighted by molar-refractivity contribution is -0.121. The molecular weight excluding hydrogens is 442 g/mol. The Hall–Kier alpha value is -3.04. The minimum absolute atomic E-state index is 0.197. The first-order valence-corrected chi connectivity index (χ1v) is 12.5. The molecule has 0 saturated carbocycles. The van der Waals surface area contributed by atoms with E-state index in [1.54, 1.807) is 51.1 Å². The summed E-state index contributed by atoms with van der Waals surface area (Å²) >= 11 is 0. The van der Waals surface area contributed by atoms with Crippen LogP contribution < -0.4 is 4.90 Å². The molecule has 2 aliphatic rings. The summed E-state index contributed by atoms with van der Waals surface area (Å²) in [6.07, 6.45) is 0.497. The summed E-state index contributed by atoms with van der Waals surface area (Å²) in [7, 11) is -3.61. The summed E-state index contributed by atoms with van der Waals surface area (Å²) in [5.74, 6) is -1.32. The molecule has 9 heteroatoms. The van der Waals surface area contributed by atoms with Gasteiger partial charge in [-0.05, 0) is 56.2 Å². The first-order valence-electron chi connectivity index (χ1n) is 11.0. The number of benzene rings is 2. The zero-order chi connectivity index (χ0) is 24.1. The van der Waals surface area contributed by atoms with E-state index >= 15 is 0 Å². The van der Waals surface area contributed by atoms with E-state index in [-0.39, 0.29) is 10.8 Å². The van der Waals surface area contributed by atoms with Gasteiger partial charge in [0.25, 0.3) is 11.8 Å². The van der Waals surface area contributed by atoms with E-state index in [0.29, 0.717) is 42.9 Å². The second-order valence-corrected chi connectivity index (χ2v) is 10.3. The Balaban J connectivity index is 1.60. The monoisotopic (exact) mass is 469 g/mol. The van der Waals surface area contributed by atoms with E-state index in [4.69, 9.17) is 0 Å². The fourth-order valence-electron chi connectivity index (χ4n) is 4.54. The Morgan fingerprint density at radius 1 is 1.03 bits per heavy atom. The van der Waals surface area contributed by atoms with Crippen LogP contribution in [-0.4, -0.2) is 61.0 Å². The van der Waals surface area contributed by atoms with Gasteiger partial charge in [-0.2, -0.15) is 4.31 Å². The molecule has 0 aromatic heterocycles. The third kappa shape index (κ3) is 3.65. The number of amides is 3. The number of sulfonamides is 1. The number of nitrogens with zero attached hydrogens (tertiary/aromatic N) is 3. The quantitative estimate of drug-likeness (QED) is 0.606. The van der Waals surface area contributed by atoms with E-state index in [9.17, 15) is 22.8 Å². The second kappa shape index (κ2) is 8.39. The lowest BCUT2D eigenvalue weighted by Crippen LogP contribution is -2.49. The van der Waals surface area contributed by atoms with E-state index in [1.807, 2.05) is 6.92 Å². The van der Waals surface area contributed by atoms with E-state index in [0.717, 1.165) is 16.0 Å². The molecule has 8 nitrogen and oxygen atoms in total. The molecule has 1 atom stereocenters. The van der Waals surface area contributed by atoms with Crippen molar-refractivity contribution in [2.45, 2.75) is 45.1 Å². The highest BCUT2D eigenvalue weighted by atomic mass is 32.2. The van der Waals surface area contributed by atoms with Crippen molar-refractivity contribution in [2.24, 2.45) is 0 Å². The first-order chi connectivity index (χ1) is 15.6. The number of fused-ring (bicyclic) bond motifs is 2. The second-order valence-electron chi connectivity index (χ2n) is 8.33. The number of hydrogen-bond acceptors (Lipinski definition) is 5. The third-order valence-electron chi connectivity index (χ3n) is 6.37. The Morgan fingerprint density at radius 3 is 2.36 bits per heavy atom. The van der Waals surface area contributed by atoms with E-state index < -0.39 is 27.9 Å². The molecule has 0 unspecified atom stereocenters. The molecule has 33 heavy (non-hydrogen) atoms. The first kappa shape index (κ1) is 23.1. The molecule has 2 aromatic carbocycles. The van der Waals surface area contributed by atoms with Gasteiger partial charge in [-0.1, -0.05) is 25.5 Å². The van der Waals surface area contributed by atoms with Crippen molar-refractivity contribution < 1.29 is 22.8 Å². The maximum atomic E-state index is 13.3. The number of hydrogen-bond donors (Lipinski definition) is 0. The average Bonchev–Trinajstić information content (AvgIpc) is 3.31. The van der Waals surface area contributed by atoms with Crippen molar-refractivity contribution in [1.29, 1.82) is 0 Å². The Kier molecular flexibility index (Phi) is 5.88. The van der Waals surface area contributed by atoms with Crippen LogP contribution in [0.2, 0.25) is 0 Å². The van der Waals surface area contributed by atoms with Crippen LogP contribution in [0.25, 0.3) is 0 Å². The number of carbonyl (C=O) groups is 3. The van der Waals surface area contributed by atoms with Crippen molar-refractivity contribution in [1.82, 2.24) is 9.21 Å². The number of rotatable bonds is 6. The molecule has 2 aromatic rings. The molecule has 3 amide bonds. The number of aryl methyl sites for hydroxylation is 1. The fourth-order valence-corrected chi connectivity index (χ4v) is 6.05. The Bertz CT molecular complexity index is 1270. The number of imide groups is 1. The molecule has 0 spiro atoms. The minimum Gasteiger partial charge on any atom is -0.310 e. The van der Waals surface area contributed by atoms with Crippen molar-refractivity contribution in [3.8, 4) is 0 Å². The largest absolute Gasteiger partial charge is 0.310 e. The van der Waals surface area contributed by atoms with Crippen molar-refractivity contribution in [3.05, 3.63) is 58.7 Å². The summed E-state index contributed by atoms with van der Waals surface area (Å²) in [4.78, 5) is 41.9. The SMILES string of the molecule is CCN(CC)S(=O)(=O)c1ccc2c(c1)CCN2C(=O)[C@H](C)N1C(=O)c2ccc(C)cc2C1=O. The van der Waals surface area contributed by atoms with Crippen LogP contribution in [0, 0.1) is 6.92 Å². The molecule has 174 valence electrons. The predicted molar refractivity (Wildman–Crippen MR) is 124 cm³/mol. The standard InChI is InChI=1S/C24H27N3O5S/c1-5-25(6-2)33(31,32)18-8-10-21-17(14-18)11-12-26(21)22(28)16(4)27-23(29)19-9-7-15(3)13-20(19)24(27)30/h7-10,13-14,16H,5-6,11-12H2,1-4H3/t16-/m0/s1. The maximum Gasteiger partial charge on any atom is 0.262 e. The normalized spacial score (nSPS) is 16.4. The topological polar surface area (TPSA) is 95.1 Å². The van der Waals surface area contributed by atoms with E-state index in [2.05, 4.69) is 0 Å². The molecule has 2 aliphatic heterocycles. The van der Waals surface area contributed by atoms with E-state index in [1.165, 1.54) is 15.3 Å². The van der Waals surface area contributed by atoms with Gasteiger partial charge in [0, 0.05) is 25.3 Å². The van der Waals surface area contributed by atoms with Gasteiger partial charge < -0.3 is 4.90 Å². The highest BCUT2D eigenvalue weighted by molar-refractivity contribution is 7.89. The summed E-state index contributed by atoms with van der Waals surface area (Å²) in [6, 6.07) is 8.82. The molecule has 0 N–H and O–H groups in total. The molecule has 0 bridgehead atoms. The van der Waals surface area contributed by atoms with Gasteiger partial charge in [0.05, 0.1) is 16.0 Å². The number of carbonyl (C=O) groups excluding carboxylic acids is 3. The van der Waals surface area contributed by atoms with Gasteiger partial charge in [0.1, 0.15) is 6.04 Å². The van der Waals surface area contributed by atoms with Crippen LogP contribution >= 0.6 is 0 Å². The van der Waals surface area contributed by atoms with Gasteiger partial charge in [-0.25, -0.2) is 8.42 Å². The molecule has 2 heterocycles. The lowest BCUT2D eigenvalue weighted by Gasteiger charge is -2.27. The summed E-state index contributed by atoms with van der Waals surface area (Å²) in [5.41, 5.74) is 2.84. The predicted octanol–water partition coefficient (Wildman–Crippen LogP) is 2.60. The van der Waals surface area contributed by atoms with Crippen molar-refractivity contribution in [3.63, 3.8) is 0 Å². The highest BCUT2D eigenvalue weighted by Crippen LogP contribution is 2.33. The molecular formula is C24H27N3O5S. The Labute approximate surface area is 193 Å². The van der Waals surface area contributed by atoms with Gasteiger partial charge in [-0.15, -0.1) is 0 Å². The minimum atomic E-state index is -3.61. The molecule has 0 aliphatic carbocycles. The fraction of sp³-hybridized carbons (Fsp3) is 0.375. The van der Waals surface area contributed by atoms with Gasteiger partial charge in [0.2, 0.25) is 15.9 Å². The third-order valence-corrected chi connectivity index (χ3v) is 8.42. The van der Waals surface area contributed by atoms with Crippen LogP contribution in [0.1, 0.15) is 52.6 Å². The highest BCUT2D eigenvalue weighted by Gasteiger charge is 2.43. The van der Waals surface area contributed by atoms with Gasteiger partial charge in [0.15, 0.2) is 0 Å². The molecule has 0 saturated heterocycles. The summed E-state index contributed by atoms with van der Waals surface area (Å²) in [5, 5.41) is 0. The lowest BCUT2D eigenvalue weighted by atomic mass is 10.1. The molecule has 0 radical (unpaired) electrons. The van der Waals surface area contributed by atoms with Crippen molar-refractivity contribution in [2.75, 3.05) is 24.5 Å². The van der Waals surface area contributed by atoms with Crippen LogP contribution in [-0.2, 0) is 21.2 Å². The average molecular weight is 470 g/mol.